The number of nitrogens with one attached hydrogen (secondary N) is 1. The fourth-order valence-electron chi connectivity index (χ4n) is 1.71. The van der Waals surface area contributed by atoms with E-state index in [0.717, 1.165) is 38.0 Å². The van der Waals surface area contributed by atoms with E-state index in [2.05, 4.69) is 15.2 Å². The Bertz CT molecular complexity index is 288. The highest BCUT2D eigenvalue weighted by Gasteiger charge is 2.16. The summed E-state index contributed by atoms with van der Waals surface area (Å²) in [5.41, 5.74) is 0. The molecular weight excluding hydrogens is 226 g/mol. The molecule has 1 aromatic rings. The molecule has 0 aliphatic carbocycles. The highest BCUT2D eigenvalue weighted by Crippen LogP contribution is 2.12. The minimum atomic E-state index is 0.0456. The van der Waals surface area contributed by atoms with E-state index >= 15 is 0 Å². The fourth-order valence-corrected chi connectivity index (χ4v) is 2.32. The number of hydrogen-bond acceptors (Lipinski definition) is 6. The molecule has 0 bridgehead atoms. The van der Waals surface area contributed by atoms with Crippen LogP contribution in [0.4, 0.5) is 5.13 Å². The summed E-state index contributed by atoms with van der Waals surface area (Å²) in [5, 5.41) is 15.3. The Balaban J connectivity index is 1.80. The number of aliphatic hydroxyl groups is 1. The van der Waals surface area contributed by atoms with Crippen LogP contribution in [0.1, 0.15) is 0 Å². The molecule has 0 spiro atoms. The van der Waals surface area contributed by atoms with Crippen molar-refractivity contribution in [1.29, 1.82) is 0 Å². The van der Waals surface area contributed by atoms with Gasteiger partial charge in [0.15, 0.2) is 5.13 Å². The lowest BCUT2D eigenvalue weighted by atomic mass is 10.2. The smallest absolute Gasteiger partial charge is 0.182 e. The van der Waals surface area contributed by atoms with Crippen LogP contribution in [-0.2, 0) is 4.74 Å². The molecule has 1 fully saturated rings. The van der Waals surface area contributed by atoms with Crippen LogP contribution in [0.3, 0.4) is 0 Å². The van der Waals surface area contributed by atoms with Gasteiger partial charge in [-0.05, 0) is 0 Å². The van der Waals surface area contributed by atoms with Crippen molar-refractivity contribution in [3.05, 3.63) is 11.6 Å². The Morgan fingerprint density at radius 3 is 3.00 bits per heavy atom. The van der Waals surface area contributed by atoms with Gasteiger partial charge >= 0.3 is 0 Å². The Kier molecular flexibility index (Phi) is 4.53. The average Bonchev–Trinajstić information content (AvgIpc) is 2.82. The molecular formula is C10H17N3O2S. The van der Waals surface area contributed by atoms with Gasteiger partial charge in [0.2, 0.25) is 0 Å². The molecule has 16 heavy (non-hydrogen) atoms. The summed E-state index contributed by atoms with van der Waals surface area (Å²) in [7, 11) is 0. The van der Waals surface area contributed by atoms with Gasteiger partial charge in [-0.25, -0.2) is 4.98 Å². The Morgan fingerprint density at radius 1 is 1.56 bits per heavy atom. The molecule has 1 aliphatic heterocycles. The van der Waals surface area contributed by atoms with Crippen molar-refractivity contribution >= 4 is 16.5 Å². The second-order valence-electron chi connectivity index (χ2n) is 3.77. The molecule has 0 amide bonds. The quantitative estimate of drug-likeness (QED) is 0.776. The van der Waals surface area contributed by atoms with Crippen LogP contribution in [0.15, 0.2) is 11.6 Å². The van der Waals surface area contributed by atoms with E-state index in [9.17, 15) is 5.11 Å². The summed E-state index contributed by atoms with van der Waals surface area (Å²) < 4.78 is 5.29. The topological polar surface area (TPSA) is 57.6 Å². The lowest BCUT2D eigenvalue weighted by molar-refractivity contribution is 0.0335. The lowest BCUT2D eigenvalue weighted by Gasteiger charge is -2.29. The molecule has 1 unspecified atom stereocenters. The van der Waals surface area contributed by atoms with E-state index in [-0.39, 0.29) is 12.6 Å². The largest absolute Gasteiger partial charge is 0.394 e. The van der Waals surface area contributed by atoms with Crippen molar-refractivity contribution in [2.75, 3.05) is 44.8 Å². The Hall–Kier alpha value is -0.690. The number of morpholine rings is 1. The van der Waals surface area contributed by atoms with Crippen molar-refractivity contribution < 1.29 is 9.84 Å². The molecule has 6 heteroatoms. The molecule has 5 nitrogen and oxygen atoms in total. The van der Waals surface area contributed by atoms with Crippen molar-refractivity contribution in [2.24, 2.45) is 0 Å². The van der Waals surface area contributed by atoms with Crippen molar-refractivity contribution in [2.45, 2.75) is 6.04 Å². The number of thiazole rings is 1. The molecule has 1 atom stereocenters. The highest BCUT2D eigenvalue weighted by atomic mass is 32.1. The normalized spacial score (nSPS) is 19.6. The molecule has 90 valence electrons. The SMILES string of the molecule is OCC(CN1CCOCC1)Nc1nccs1. The van der Waals surface area contributed by atoms with Crippen LogP contribution < -0.4 is 5.32 Å². The maximum absolute atomic E-state index is 9.31. The number of ether oxygens (including phenoxy) is 1. The molecule has 0 saturated carbocycles. The first-order chi connectivity index (χ1) is 7.88. The van der Waals surface area contributed by atoms with Gasteiger partial charge < -0.3 is 15.2 Å². The van der Waals surface area contributed by atoms with E-state index in [1.165, 1.54) is 0 Å². The minimum Gasteiger partial charge on any atom is -0.394 e. The van der Waals surface area contributed by atoms with E-state index in [0.29, 0.717) is 0 Å². The van der Waals surface area contributed by atoms with Gasteiger partial charge in [-0.2, -0.15) is 0 Å². The average molecular weight is 243 g/mol. The maximum atomic E-state index is 9.31. The molecule has 2 N–H and O–H groups in total. The summed E-state index contributed by atoms with van der Waals surface area (Å²) in [5.74, 6) is 0. The number of hydrogen-bond donors (Lipinski definition) is 2. The van der Waals surface area contributed by atoms with Crippen LogP contribution >= 0.6 is 11.3 Å². The van der Waals surface area contributed by atoms with Crippen LogP contribution in [0.2, 0.25) is 0 Å². The van der Waals surface area contributed by atoms with Crippen LogP contribution in [0.5, 0.6) is 0 Å². The zero-order valence-corrected chi connectivity index (χ0v) is 9.95. The minimum absolute atomic E-state index is 0.0456. The highest BCUT2D eigenvalue weighted by molar-refractivity contribution is 7.13. The molecule has 1 aromatic heterocycles. The lowest BCUT2D eigenvalue weighted by Crippen LogP contribution is -2.44. The third-order valence-corrected chi connectivity index (χ3v) is 3.27. The van der Waals surface area contributed by atoms with Crippen LogP contribution in [-0.4, -0.2) is 60.5 Å². The van der Waals surface area contributed by atoms with Crippen molar-refractivity contribution in [1.82, 2.24) is 9.88 Å². The Labute approximate surface area is 99.1 Å². The number of rotatable bonds is 5. The Morgan fingerprint density at radius 2 is 2.38 bits per heavy atom. The van der Waals surface area contributed by atoms with E-state index in [4.69, 9.17) is 4.74 Å². The van der Waals surface area contributed by atoms with Crippen LogP contribution in [0, 0.1) is 0 Å². The van der Waals surface area contributed by atoms with Gasteiger partial charge in [0.1, 0.15) is 0 Å². The first-order valence-corrected chi connectivity index (χ1v) is 6.33. The summed E-state index contributed by atoms with van der Waals surface area (Å²) in [4.78, 5) is 6.45. The standard InChI is InChI=1S/C10H17N3O2S/c14-8-9(12-10-11-1-6-16-10)7-13-2-4-15-5-3-13/h1,6,9,14H,2-5,7-8H2,(H,11,12). The molecule has 2 rings (SSSR count). The first kappa shape index (κ1) is 11.8. The number of nitrogens with zero attached hydrogens (tertiary/aromatic N) is 2. The summed E-state index contributed by atoms with van der Waals surface area (Å²) in [6.07, 6.45) is 1.76. The molecule has 1 saturated heterocycles. The van der Waals surface area contributed by atoms with E-state index < -0.39 is 0 Å². The molecule has 2 heterocycles. The van der Waals surface area contributed by atoms with Gasteiger partial charge in [-0.15, -0.1) is 11.3 Å². The van der Waals surface area contributed by atoms with Crippen molar-refractivity contribution in [3.63, 3.8) is 0 Å². The molecule has 1 aliphatic rings. The number of anilines is 1. The summed E-state index contributed by atoms with van der Waals surface area (Å²) in [6.45, 7) is 4.41. The third kappa shape index (κ3) is 3.41. The zero-order chi connectivity index (χ0) is 11.2. The maximum Gasteiger partial charge on any atom is 0.182 e. The first-order valence-electron chi connectivity index (χ1n) is 5.45. The predicted molar refractivity (Wildman–Crippen MR) is 63.9 cm³/mol. The fraction of sp³-hybridized carbons (Fsp3) is 0.700. The van der Waals surface area contributed by atoms with Gasteiger partial charge in [-0.3, -0.25) is 4.90 Å². The molecule has 0 radical (unpaired) electrons. The third-order valence-electron chi connectivity index (χ3n) is 2.56. The van der Waals surface area contributed by atoms with E-state index in [1.807, 2.05) is 5.38 Å². The summed E-state index contributed by atoms with van der Waals surface area (Å²) >= 11 is 1.55. The van der Waals surface area contributed by atoms with E-state index in [1.54, 1.807) is 17.5 Å². The summed E-state index contributed by atoms with van der Waals surface area (Å²) in [6, 6.07) is 0.0456. The number of aliphatic hydroxyl groups excluding tert-OH is 1. The second-order valence-corrected chi connectivity index (χ2v) is 4.67. The van der Waals surface area contributed by atoms with Gasteiger partial charge in [0, 0.05) is 31.2 Å². The molecule has 0 aromatic carbocycles. The zero-order valence-electron chi connectivity index (χ0n) is 9.13. The number of aromatic nitrogens is 1. The predicted octanol–water partition coefficient (Wildman–Crippen LogP) is 0.248. The van der Waals surface area contributed by atoms with Crippen molar-refractivity contribution in [3.8, 4) is 0 Å². The monoisotopic (exact) mass is 243 g/mol. The van der Waals surface area contributed by atoms with Gasteiger partial charge in [0.05, 0.1) is 25.9 Å². The second kappa shape index (κ2) is 6.15. The van der Waals surface area contributed by atoms with Crippen LogP contribution in [0.25, 0.3) is 0 Å². The van der Waals surface area contributed by atoms with Gasteiger partial charge in [-0.1, -0.05) is 0 Å². The van der Waals surface area contributed by atoms with Gasteiger partial charge in [0.25, 0.3) is 0 Å².